The van der Waals surface area contributed by atoms with Gasteiger partial charge in [0.25, 0.3) is 0 Å². The van der Waals surface area contributed by atoms with Crippen molar-refractivity contribution in [2.24, 2.45) is 5.41 Å². The minimum Gasteiger partial charge on any atom is -0.481 e. The summed E-state index contributed by atoms with van der Waals surface area (Å²) in [5.41, 5.74) is 0.618. The lowest BCUT2D eigenvalue weighted by Crippen LogP contribution is -2.37. The van der Waals surface area contributed by atoms with Gasteiger partial charge in [0, 0.05) is 25.0 Å². The number of hydrogen-bond acceptors (Lipinski definition) is 4. The predicted molar refractivity (Wildman–Crippen MR) is 96.4 cm³/mol. The van der Waals surface area contributed by atoms with Crippen molar-refractivity contribution in [2.75, 3.05) is 18.4 Å². The van der Waals surface area contributed by atoms with E-state index in [1.807, 2.05) is 19.1 Å². The number of carboxylic acids is 1. The third kappa shape index (κ3) is 3.77. The second-order valence-corrected chi connectivity index (χ2v) is 6.74. The Bertz CT molecular complexity index is 825. The first kappa shape index (κ1) is 17.7. The number of aliphatic carboxylic acids is 1. The number of anilines is 1. The van der Waals surface area contributed by atoms with Crippen LogP contribution in [0.5, 0.6) is 11.5 Å². The number of aryl methyl sites for hydroxylation is 1. The highest BCUT2D eigenvalue weighted by molar-refractivity contribution is 5.90. The molecule has 3 rings (SSSR count). The molecule has 2 heterocycles. The van der Waals surface area contributed by atoms with Crippen LogP contribution >= 0.6 is 0 Å². The topological polar surface area (TPSA) is 91.8 Å². The molecule has 0 spiro atoms. The summed E-state index contributed by atoms with van der Waals surface area (Å²) in [6.45, 7) is 4.18. The molecule has 0 bridgehead atoms. The maximum absolute atomic E-state index is 12.4. The van der Waals surface area contributed by atoms with Gasteiger partial charge in [-0.15, -0.1) is 0 Å². The van der Waals surface area contributed by atoms with Gasteiger partial charge in [-0.3, -0.25) is 9.78 Å². The first-order chi connectivity index (χ1) is 12.4. The Kier molecular flexibility index (Phi) is 4.79. The highest BCUT2D eigenvalue weighted by Crippen LogP contribution is 2.31. The van der Waals surface area contributed by atoms with Gasteiger partial charge in [-0.2, -0.15) is 0 Å². The van der Waals surface area contributed by atoms with Gasteiger partial charge in [0.05, 0.1) is 11.6 Å². The number of ether oxygens (including phenoxy) is 1. The Balaban J connectivity index is 1.65. The van der Waals surface area contributed by atoms with Crippen molar-refractivity contribution in [3.05, 3.63) is 48.3 Å². The zero-order valence-electron chi connectivity index (χ0n) is 14.7. The molecular weight excluding hydrogens is 334 g/mol. The van der Waals surface area contributed by atoms with E-state index in [1.54, 1.807) is 37.5 Å². The van der Waals surface area contributed by atoms with Gasteiger partial charge in [0.15, 0.2) is 0 Å². The molecule has 2 amide bonds. The molecule has 1 atom stereocenters. The van der Waals surface area contributed by atoms with Crippen molar-refractivity contribution in [3.8, 4) is 11.5 Å². The first-order valence-electron chi connectivity index (χ1n) is 8.35. The minimum atomic E-state index is -0.880. The first-order valence-corrected chi connectivity index (χ1v) is 8.35. The standard InChI is InChI=1S/C19H21N3O4/c1-13-10-14(5-6-16(13)26-15-4-3-8-20-11-15)21-18(25)22-9-7-19(2,12-22)17(23)24/h3-6,8,10-11H,7,9,12H2,1-2H3,(H,21,25)(H,23,24). The fourth-order valence-corrected chi connectivity index (χ4v) is 2.89. The molecule has 1 aromatic heterocycles. The van der Waals surface area contributed by atoms with Crippen molar-refractivity contribution in [3.63, 3.8) is 0 Å². The number of hydrogen-bond donors (Lipinski definition) is 2. The van der Waals surface area contributed by atoms with Crippen LogP contribution in [0.1, 0.15) is 18.9 Å². The zero-order valence-corrected chi connectivity index (χ0v) is 14.7. The number of nitrogens with one attached hydrogen (secondary N) is 1. The number of likely N-dealkylation sites (tertiary alicyclic amines) is 1. The van der Waals surface area contributed by atoms with E-state index < -0.39 is 11.4 Å². The summed E-state index contributed by atoms with van der Waals surface area (Å²) in [6.07, 6.45) is 3.75. The molecule has 1 saturated heterocycles. The van der Waals surface area contributed by atoms with E-state index >= 15 is 0 Å². The molecule has 1 fully saturated rings. The van der Waals surface area contributed by atoms with E-state index in [4.69, 9.17) is 4.74 Å². The van der Waals surface area contributed by atoms with E-state index in [1.165, 1.54) is 4.90 Å². The molecule has 0 aliphatic carbocycles. The van der Waals surface area contributed by atoms with Crippen molar-refractivity contribution >= 4 is 17.7 Å². The van der Waals surface area contributed by atoms with Crippen LogP contribution in [0, 0.1) is 12.3 Å². The van der Waals surface area contributed by atoms with Gasteiger partial charge in [-0.1, -0.05) is 0 Å². The molecule has 2 N–H and O–H groups in total. The van der Waals surface area contributed by atoms with Crippen molar-refractivity contribution in [1.82, 2.24) is 9.88 Å². The Labute approximate surface area is 151 Å². The molecule has 1 aliphatic rings. The number of rotatable bonds is 4. The smallest absolute Gasteiger partial charge is 0.321 e. The normalized spacial score (nSPS) is 19.2. The molecule has 136 valence electrons. The van der Waals surface area contributed by atoms with Crippen molar-refractivity contribution in [2.45, 2.75) is 20.3 Å². The number of amides is 2. The summed E-state index contributed by atoms with van der Waals surface area (Å²) in [6, 6.07) is 8.66. The van der Waals surface area contributed by atoms with Crippen LogP contribution in [0.25, 0.3) is 0 Å². The number of pyridine rings is 1. The molecule has 7 nitrogen and oxygen atoms in total. The van der Waals surface area contributed by atoms with Crippen LogP contribution in [0.4, 0.5) is 10.5 Å². The fourth-order valence-electron chi connectivity index (χ4n) is 2.89. The Hall–Kier alpha value is -3.09. The predicted octanol–water partition coefficient (Wildman–Crippen LogP) is 3.51. The van der Waals surface area contributed by atoms with Gasteiger partial charge in [-0.25, -0.2) is 4.79 Å². The fraction of sp³-hybridized carbons (Fsp3) is 0.316. The number of urea groups is 1. The van der Waals surface area contributed by atoms with Gasteiger partial charge in [0.2, 0.25) is 0 Å². The summed E-state index contributed by atoms with van der Waals surface area (Å²) in [7, 11) is 0. The van der Waals surface area contributed by atoms with Crippen LogP contribution < -0.4 is 10.1 Å². The maximum atomic E-state index is 12.4. The summed E-state index contributed by atoms with van der Waals surface area (Å²) >= 11 is 0. The largest absolute Gasteiger partial charge is 0.481 e. The Morgan fingerprint density at radius 1 is 1.35 bits per heavy atom. The van der Waals surface area contributed by atoms with Gasteiger partial charge in [0.1, 0.15) is 11.5 Å². The summed E-state index contributed by atoms with van der Waals surface area (Å²) < 4.78 is 5.77. The Morgan fingerprint density at radius 3 is 2.77 bits per heavy atom. The molecule has 1 aromatic carbocycles. The Morgan fingerprint density at radius 2 is 2.15 bits per heavy atom. The van der Waals surface area contributed by atoms with Gasteiger partial charge >= 0.3 is 12.0 Å². The number of benzene rings is 1. The van der Waals surface area contributed by atoms with E-state index in [0.29, 0.717) is 30.2 Å². The summed E-state index contributed by atoms with van der Waals surface area (Å²) in [4.78, 5) is 29.2. The number of carboxylic acid groups (broad SMARTS) is 1. The highest BCUT2D eigenvalue weighted by atomic mass is 16.5. The number of carbonyl (C=O) groups is 2. The third-order valence-electron chi connectivity index (χ3n) is 4.57. The monoisotopic (exact) mass is 355 g/mol. The van der Waals surface area contributed by atoms with Crippen LogP contribution in [-0.2, 0) is 4.79 Å². The van der Waals surface area contributed by atoms with E-state index in [2.05, 4.69) is 10.3 Å². The van der Waals surface area contributed by atoms with Crippen LogP contribution in [0.2, 0.25) is 0 Å². The van der Waals surface area contributed by atoms with Gasteiger partial charge < -0.3 is 20.1 Å². The number of carbonyl (C=O) groups excluding carboxylic acids is 1. The highest BCUT2D eigenvalue weighted by Gasteiger charge is 2.42. The lowest BCUT2D eigenvalue weighted by molar-refractivity contribution is -0.146. The molecule has 2 aromatic rings. The third-order valence-corrected chi connectivity index (χ3v) is 4.57. The molecule has 7 heteroatoms. The van der Waals surface area contributed by atoms with Crippen molar-refractivity contribution < 1.29 is 19.4 Å². The van der Waals surface area contributed by atoms with Crippen molar-refractivity contribution in [1.29, 1.82) is 0 Å². The van der Waals surface area contributed by atoms with E-state index in [0.717, 1.165) is 5.56 Å². The molecule has 1 aliphatic heterocycles. The summed E-state index contributed by atoms with van der Waals surface area (Å²) in [5, 5.41) is 12.1. The second-order valence-electron chi connectivity index (χ2n) is 6.74. The molecule has 1 unspecified atom stereocenters. The quantitative estimate of drug-likeness (QED) is 0.876. The van der Waals surface area contributed by atoms with Crippen LogP contribution in [0.3, 0.4) is 0 Å². The maximum Gasteiger partial charge on any atom is 0.321 e. The minimum absolute atomic E-state index is 0.204. The van der Waals surface area contributed by atoms with E-state index in [9.17, 15) is 14.7 Å². The lowest BCUT2D eigenvalue weighted by atomic mass is 9.90. The summed E-state index contributed by atoms with van der Waals surface area (Å²) in [5.74, 6) is 0.439. The van der Waals surface area contributed by atoms with E-state index in [-0.39, 0.29) is 12.6 Å². The molecular formula is C19H21N3O4. The average molecular weight is 355 g/mol. The average Bonchev–Trinajstić information content (AvgIpc) is 3.02. The number of aromatic nitrogens is 1. The lowest BCUT2D eigenvalue weighted by Gasteiger charge is -2.20. The zero-order chi connectivity index (χ0) is 18.7. The molecule has 0 saturated carbocycles. The molecule has 26 heavy (non-hydrogen) atoms. The van der Waals surface area contributed by atoms with Gasteiger partial charge in [-0.05, 0) is 56.2 Å². The number of nitrogens with zero attached hydrogens (tertiary/aromatic N) is 2. The molecule has 0 radical (unpaired) electrons. The van der Waals surface area contributed by atoms with Crippen LogP contribution in [-0.4, -0.2) is 40.1 Å². The SMILES string of the molecule is Cc1cc(NC(=O)N2CCC(C)(C(=O)O)C2)ccc1Oc1cccnc1. The van der Waals surface area contributed by atoms with Crippen LogP contribution in [0.15, 0.2) is 42.7 Å². The second kappa shape index (κ2) is 7.03.